The molecule has 0 heterocycles. The predicted octanol–water partition coefficient (Wildman–Crippen LogP) is 2.16. The van der Waals surface area contributed by atoms with E-state index in [2.05, 4.69) is 2.85 Å². The van der Waals surface area contributed by atoms with Crippen molar-refractivity contribution in [3.63, 3.8) is 0 Å². The molecule has 0 unspecified atom stereocenters. The van der Waals surface area contributed by atoms with E-state index in [-0.39, 0.29) is 0 Å². The average molecular weight is 316 g/mol. The van der Waals surface area contributed by atoms with E-state index >= 15 is 0 Å². The van der Waals surface area contributed by atoms with Crippen molar-refractivity contribution in [2.45, 2.75) is 0 Å². The molecule has 6 heavy (non-hydrogen) atoms. The van der Waals surface area contributed by atoms with Gasteiger partial charge in [-0.2, -0.15) is 0 Å². The normalized spacial score (nSPS) is 12.0. The Morgan fingerprint density at radius 1 is 1.33 bits per heavy atom. The zero-order valence-corrected chi connectivity index (χ0v) is 8.90. The average Bonchev–Trinajstić information content (AvgIpc) is 1.35. The van der Waals surface area contributed by atoms with Crippen molar-refractivity contribution >= 4 is 25.7 Å². The fourth-order valence-electron chi connectivity index (χ4n) is 0. The van der Waals surface area contributed by atoms with Crippen LogP contribution in [0.1, 0.15) is 0 Å². The van der Waals surface area contributed by atoms with E-state index in [0.29, 0.717) is 0 Å². The molecule has 0 spiro atoms. The van der Waals surface area contributed by atoms with Gasteiger partial charge < -0.3 is 0 Å². The first kappa shape index (κ1) is 7.70. The van der Waals surface area contributed by atoms with E-state index in [1.807, 2.05) is 0 Å². The summed E-state index contributed by atoms with van der Waals surface area (Å²) in [6.45, 7) is 0. The van der Waals surface area contributed by atoms with Gasteiger partial charge in [0.1, 0.15) is 0 Å². The number of rotatable bonds is 1. The van der Waals surface area contributed by atoms with Gasteiger partial charge in [-0.3, -0.25) is 0 Å². The molecular formula is CH3Cl3HfO. The van der Waals surface area contributed by atoms with Crippen LogP contribution in [0.4, 0.5) is 0 Å². The molecule has 0 N–H and O–H groups in total. The van der Waals surface area contributed by atoms with Crippen molar-refractivity contribution in [1.29, 1.82) is 0 Å². The Morgan fingerprint density at radius 3 is 1.50 bits per heavy atom. The van der Waals surface area contributed by atoms with E-state index in [9.17, 15) is 0 Å². The Balaban J connectivity index is 3.17. The molecule has 1 nitrogen and oxygen atoms in total. The van der Waals surface area contributed by atoms with Gasteiger partial charge in [0.2, 0.25) is 0 Å². The molecule has 38 valence electrons. The Morgan fingerprint density at radius 2 is 1.50 bits per heavy atom. The molecule has 5 heteroatoms. The van der Waals surface area contributed by atoms with Gasteiger partial charge in [-0.1, -0.05) is 0 Å². The van der Waals surface area contributed by atoms with E-state index in [0.717, 1.165) is 0 Å². The standard InChI is InChI=1S/CH3O.3ClH.Hf/c1-2;;;;/h1H3;3*1H;/q-1;;;;+4/p-3. The third-order valence-electron chi connectivity index (χ3n) is 0.231. The summed E-state index contributed by atoms with van der Waals surface area (Å²) in [6.07, 6.45) is 0. The van der Waals surface area contributed by atoms with Crippen LogP contribution in [0.15, 0.2) is 0 Å². The molecule has 0 radical (unpaired) electrons. The zero-order chi connectivity index (χ0) is 5.21. The molecule has 0 atom stereocenters. The minimum atomic E-state index is -3.42. The van der Waals surface area contributed by atoms with Crippen molar-refractivity contribution in [3.05, 3.63) is 0 Å². The van der Waals surface area contributed by atoms with E-state index in [1.165, 1.54) is 7.11 Å². The van der Waals surface area contributed by atoms with Gasteiger partial charge in [-0.15, -0.1) is 0 Å². The molecule has 0 fully saturated rings. The molecule has 0 aliphatic carbocycles. The molecule has 0 saturated heterocycles. The van der Waals surface area contributed by atoms with Crippen LogP contribution >= 0.6 is 25.7 Å². The first-order valence-corrected chi connectivity index (χ1v) is 16.0. The van der Waals surface area contributed by atoms with Gasteiger partial charge in [0.25, 0.3) is 0 Å². The van der Waals surface area contributed by atoms with Crippen molar-refractivity contribution in [3.8, 4) is 0 Å². The van der Waals surface area contributed by atoms with Crippen molar-refractivity contribution in [2.75, 3.05) is 7.11 Å². The van der Waals surface area contributed by atoms with Crippen LogP contribution in [0, 0.1) is 0 Å². The van der Waals surface area contributed by atoms with E-state index in [1.54, 1.807) is 0 Å². The van der Waals surface area contributed by atoms with Crippen LogP contribution in [0.3, 0.4) is 0 Å². The topological polar surface area (TPSA) is 9.23 Å². The summed E-state index contributed by atoms with van der Waals surface area (Å²) in [7, 11) is 17.2. The quantitative estimate of drug-likeness (QED) is 0.674. The number of halogens is 3. The fraction of sp³-hybridized carbons (Fsp3) is 1.00. The van der Waals surface area contributed by atoms with Crippen LogP contribution in [-0.2, 0) is 19.7 Å². The third-order valence-corrected chi connectivity index (χ3v) is 5.68. The van der Waals surface area contributed by atoms with Gasteiger partial charge in [0, 0.05) is 0 Å². The molecule has 0 amide bonds. The second-order valence-corrected chi connectivity index (χ2v) is 23.1. The van der Waals surface area contributed by atoms with Gasteiger partial charge in [0.05, 0.1) is 0 Å². The van der Waals surface area contributed by atoms with Crippen LogP contribution in [-0.4, -0.2) is 7.11 Å². The summed E-state index contributed by atoms with van der Waals surface area (Å²) in [5.41, 5.74) is 0. The summed E-state index contributed by atoms with van der Waals surface area (Å²) in [6, 6.07) is 0. The molecular weight excluding hydrogens is 313 g/mol. The zero-order valence-electron chi connectivity index (χ0n) is 3.04. The van der Waals surface area contributed by atoms with Crippen molar-refractivity contribution in [1.82, 2.24) is 0 Å². The molecule has 0 aromatic rings. The van der Waals surface area contributed by atoms with Gasteiger partial charge in [-0.25, -0.2) is 0 Å². The molecule has 0 aromatic carbocycles. The maximum absolute atomic E-state index is 5.25. The van der Waals surface area contributed by atoms with Crippen LogP contribution in [0.2, 0.25) is 0 Å². The molecule has 0 aromatic heterocycles. The van der Waals surface area contributed by atoms with E-state index < -0.39 is 16.9 Å². The van der Waals surface area contributed by atoms with Gasteiger partial charge >= 0.3 is 52.6 Å². The SMILES string of the molecule is C[O][Hf]([Cl])([Cl])[Cl]. The Labute approximate surface area is 52.2 Å². The van der Waals surface area contributed by atoms with Crippen LogP contribution in [0.25, 0.3) is 0 Å². The second-order valence-electron chi connectivity index (χ2n) is 0.650. The molecule has 0 aliphatic rings. The number of hydrogen-bond acceptors (Lipinski definition) is 1. The summed E-state index contributed by atoms with van der Waals surface area (Å²) in [5.74, 6) is 0. The van der Waals surface area contributed by atoms with Crippen molar-refractivity contribution < 1.29 is 19.7 Å². The summed E-state index contributed by atoms with van der Waals surface area (Å²) < 4.78 is 4.46. The number of hydrogen-bond donors (Lipinski definition) is 0. The monoisotopic (exact) mass is 316 g/mol. The molecule has 0 bridgehead atoms. The van der Waals surface area contributed by atoms with Crippen molar-refractivity contribution in [2.24, 2.45) is 0 Å². The minimum absolute atomic E-state index is 1.41. The molecule has 0 saturated carbocycles. The Hall–Kier alpha value is 1.70. The van der Waals surface area contributed by atoms with Crippen LogP contribution in [0.5, 0.6) is 0 Å². The third kappa shape index (κ3) is 5.70. The van der Waals surface area contributed by atoms with Gasteiger partial charge in [-0.05, 0) is 0 Å². The van der Waals surface area contributed by atoms with Gasteiger partial charge in [0.15, 0.2) is 0 Å². The Bertz CT molecular complexity index is 40.5. The van der Waals surface area contributed by atoms with Crippen LogP contribution < -0.4 is 0 Å². The summed E-state index contributed by atoms with van der Waals surface area (Å²) in [4.78, 5) is 0. The predicted molar refractivity (Wildman–Crippen MR) is 24.6 cm³/mol. The molecule has 0 aliphatic heterocycles. The summed E-state index contributed by atoms with van der Waals surface area (Å²) in [5, 5.41) is 0. The summed E-state index contributed by atoms with van der Waals surface area (Å²) >= 11 is -3.42. The molecule has 0 rings (SSSR count). The Kier molecular flexibility index (Phi) is 3.69. The second kappa shape index (κ2) is 2.88. The fourth-order valence-corrected chi connectivity index (χ4v) is 0. The first-order chi connectivity index (χ1) is 2.56. The van der Waals surface area contributed by atoms with E-state index in [4.69, 9.17) is 25.7 Å². The maximum atomic E-state index is 5.25. The first-order valence-electron chi connectivity index (χ1n) is 1.18.